The van der Waals surface area contributed by atoms with E-state index in [0.29, 0.717) is 21.9 Å². The van der Waals surface area contributed by atoms with E-state index in [0.717, 1.165) is 28.8 Å². The lowest BCUT2D eigenvalue weighted by Crippen LogP contribution is -2.25. The van der Waals surface area contributed by atoms with Crippen molar-refractivity contribution in [3.8, 4) is 16.2 Å². The molecule has 0 radical (unpaired) electrons. The number of benzene rings is 2. The monoisotopic (exact) mass is 466 g/mol. The Kier molecular flexibility index (Phi) is 7.08. The Labute approximate surface area is 196 Å². The number of hydrogen-bond donors (Lipinski definition) is 4. The maximum atomic E-state index is 12.9. The van der Waals surface area contributed by atoms with Crippen molar-refractivity contribution in [3.63, 3.8) is 0 Å². The number of amides is 2. The first-order chi connectivity index (χ1) is 15.9. The number of carbonyl (C=O) groups is 2. The predicted molar refractivity (Wildman–Crippen MR) is 128 cm³/mol. The number of aliphatic hydroxyl groups excluding tert-OH is 2. The van der Waals surface area contributed by atoms with Gasteiger partial charge < -0.3 is 25.6 Å². The summed E-state index contributed by atoms with van der Waals surface area (Å²) in [7, 11) is 0. The molecule has 1 atom stereocenters. The summed E-state index contributed by atoms with van der Waals surface area (Å²) in [5.41, 5.74) is 2.89. The lowest BCUT2D eigenvalue weighted by molar-refractivity contribution is 0.0536. The zero-order chi connectivity index (χ0) is 23.4. The third-order valence-corrected chi connectivity index (χ3v) is 6.40. The molecule has 2 aromatic carbocycles. The number of aryl methyl sites for hydroxylation is 1. The van der Waals surface area contributed by atoms with Gasteiger partial charge in [-0.25, -0.2) is 0 Å². The van der Waals surface area contributed by atoms with Crippen LogP contribution in [-0.2, 0) is 0 Å². The number of hydrogen-bond acceptors (Lipinski definition) is 6. The van der Waals surface area contributed by atoms with Crippen LogP contribution < -0.4 is 15.4 Å². The summed E-state index contributed by atoms with van der Waals surface area (Å²) < 4.78 is 5.51. The van der Waals surface area contributed by atoms with Crippen LogP contribution in [0.15, 0.2) is 54.6 Å². The number of aliphatic hydroxyl groups is 2. The van der Waals surface area contributed by atoms with E-state index in [1.54, 1.807) is 24.3 Å². The molecule has 8 heteroatoms. The summed E-state index contributed by atoms with van der Waals surface area (Å²) in [5, 5.41) is 24.3. The minimum Gasteiger partial charge on any atom is -0.491 e. The fraction of sp³-hybridized carbons (Fsp3) is 0.280. The van der Waals surface area contributed by atoms with E-state index in [-0.39, 0.29) is 31.1 Å². The van der Waals surface area contributed by atoms with Crippen LogP contribution >= 0.6 is 11.3 Å². The third-order valence-electron chi connectivity index (χ3n) is 5.26. The number of anilines is 1. The van der Waals surface area contributed by atoms with Crippen LogP contribution in [0, 0.1) is 6.92 Å². The predicted octanol–water partition coefficient (Wildman–Crippen LogP) is 3.60. The van der Waals surface area contributed by atoms with Gasteiger partial charge in [0.15, 0.2) is 0 Å². The molecule has 7 nitrogen and oxygen atoms in total. The third kappa shape index (κ3) is 5.98. The second-order valence-electron chi connectivity index (χ2n) is 8.07. The Morgan fingerprint density at radius 1 is 1.12 bits per heavy atom. The minimum absolute atomic E-state index is 0.00482. The smallest absolute Gasteiger partial charge is 0.265 e. The van der Waals surface area contributed by atoms with Crippen molar-refractivity contribution >= 4 is 28.8 Å². The highest BCUT2D eigenvalue weighted by Gasteiger charge is 2.24. The van der Waals surface area contributed by atoms with Crippen molar-refractivity contribution in [2.75, 3.05) is 18.5 Å². The zero-order valence-corrected chi connectivity index (χ0v) is 19.0. The first-order valence-electron chi connectivity index (χ1n) is 10.8. The van der Waals surface area contributed by atoms with Gasteiger partial charge in [-0.2, -0.15) is 0 Å². The molecule has 3 aromatic rings. The highest BCUT2D eigenvalue weighted by molar-refractivity contribution is 7.17. The van der Waals surface area contributed by atoms with Crippen molar-refractivity contribution in [1.82, 2.24) is 5.32 Å². The largest absolute Gasteiger partial charge is 0.491 e. The maximum absolute atomic E-state index is 12.9. The molecule has 4 N–H and O–H groups in total. The summed E-state index contributed by atoms with van der Waals surface area (Å²) >= 11 is 1.35. The lowest BCUT2D eigenvalue weighted by atomic mass is 10.1. The summed E-state index contributed by atoms with van der Waals surface area (Å²) in [4.78, 5) is 26.7. The van der Waals surface area contributed by atoms with E-state index in [1.807, 2.05) is 37.3 Å². The van der Waals surface area contributed by atoms with Gasteiger partial charge in [0, 0.05) is 22.2 Å². The molecule has 33 heavy (non-hydrogen) atoms. The molecule has 0 aliphatic heterocycles. The molecule has 0 unspecified atom stereocenters. The molecule has 1 aliphatic rings. The highest BCUT2D eigenvalue weighted by Crippen LogP contribution is 2.31. The van der Waals surface area contributed by atoms with Crippen molar-refractivity contribution in [3.05, 3.63) is 70.6 Å². The fourth-order valence-electron chi connectivity index (χ4n) is 3.18. The van der Waals surface area contributed by atoms with Gasteiger partial charge in [-0.05, 0) is 67.3 Å². The molecule has 0 saturated heterocycles. The quantitative estimate of drug-likeness (QED) is 0.385. The number of rotatable bonds is 9. The number of nitrogens with one attached hydrogen (secondary N) is 2. The fourth-order valence-corrected chi connectivity index (χ4v) is 4.08. The van der Waals surface area contributed by atoms with Crippen LogP contribution in [0.2, 0.25) is 0 Å². The number of carbonyl (C=O) groups excluding carboxylic acids is 2. The van der Waals surface area contributed by atoms with Crippen LogP contribution in [0.25, 0.3) is 10.4 Å². The molecule has 0 bridgehead atoms. The van der Waals surface area contributed by atoms with Gasteiger partial charge in [-0.3, -0.25) is 9.59 Å². The first kappa shape index (κ1) is 23.0. The normalized spacial score (nSPS) is 13.9. The molecule has 4 rings (SSSR count). The standard InChI is InChI=1S/C25H26N2O5S/c1-15-5-6-17(24(30)26-18-7-8-18)12-21(15)27-25(31)23-10-9-22(33-23)16-3-2-4-20(11-16)32-14-19(29)13-28/h2-6,9-12,18-19,28-29H,7-8,13-14H2,1H3,(H,26,30)(H,27,31)/t19-/m1/s1. The summed E-state index contributed by atoms with van der Waals surface area (Å²) in [6.07, 6.45) is 1.09. The lowest BCUT2D eigenvalue weighted by Gasteiger charge is -2.11. The van der Waals surface area contributed by atoms with Crippen molar-refractivity contribution in [2.45, 2.75) is 31.9 Å². The van der Waals surface area contributed by atoms with Crippen LogP contribution in [0.5, 0.6) is 5.75 Å². The van der Waals surface area contributed by atoms with Crippen LogP contribution in [0.1, 0.15) is 38.4 Å². The van der Waals surface area contributed by atoms with Gasteiger partial charge in [-0.15, -0.1) is 11.3 Å². The average Bonchev–Trinajstić information content (AvgIpc) is 3.49. The summed E-state index contributed by atoms with van der Waals surface area (Å²) in [6, 6.07) is 16.5. The van der Waals surface area contributed by atoms with Gasteiger partial charge in [-0.1, -0.05) is 18.2 Å². The van der Waals surface area contributed by atoms with E-state index in [9.17, 15) is 14.7 Å². The molecule has 1 aliphatic carbocycles. The van der Waals surface area contributed by atoms with Crippen molar-refractivity contribution < 1.29 is 24.5 Å². The topological polar surface area (TPSA) is 108 Å². The van der Waals surface area contributed by atoms with E-state index in [1.165, 1.54) is 11.3 Å². The van der Waals surface area contributed by atoms with Gasteiger partial charge >= 0.3 is 0 Å². The molecule has 1 saturated carbocycles. The molecule has 0 spiro atoms. The Hall–Kier alpha value is -3.20. The summed E-state index contributed by atoms with van der Waals surface area (Å²) in [5.74, 6) is 0.198. The highest BCUT2D eigenvalue weighted by atomic mass is 32.1. The van der Waals surface area contributed by atoms with E-state index in [4.69, 9.17) is 9.84 Å². The molecular weight excluding hydrogens is 440 g/mol. The number of thiophene rings is 1. The maximum Gasteiger partial charge on any atom is 0.265 e. The Balaban J connectivity index is 1.45. The minimum atomic E-state index is -0.938. The Bertz CT molecular complexity index is 1160. The average molecular weight is 467 g/mol. The van der Waals surface area contributed by atoms with E-state index in [2.05, 4.69) is 10.6 Å². The van der Waals surface area contributed by atoms with Gasteiger partial charge in [0.05, 0.1) is 11.5 Å². The zero-order valence-electron chi connectivity index (χ0n) is 18.2. The molecule has 1 aromatic heterocycles. The van der Waals surface area contributed by atoms with Gasteiger partial charge in [0.1, 0.15) is 18.5 Å². The first-order valence-corrected chi connectivity index (χ1v) is 11.6. The Morgan fingerprint density at radius 3 is 2.70 bits per heavy atom. The molecule has 2 amide bonds. The van der Waals surface area contributed by atoms with Crippen LogP contribution in [0.4, 0.5) is 5.69 Å². The molecule has 1 heterocycles. The van der Waals surface area contributed by atoms with Crippen molar-refractivity contribution in [2.24, 2.45) is 0 Å². The number of ether oxygens (including phenoxy) is 1. The van der Waals surface area contributed by atoms with Crippen LogP contribution in [-0.4, -0.2) is 47.4 Å². The van der Waals surface area contributed by atoms with Gasteiger partial charge in [0.25, 0.3) is 11.8 Å². The van der Waals surface area contributed by atoms with Gasteiger partial charge in [0.2, 0.25) is 0 Å². The second kappa shape index (κ2) is 10.2. The molecule has 1 fully saturated rings. The Morgan fingerprint density at radius 2 is 1.94 bits per heavy atom. The second-order valence-corrected chi connectivity index (χ2v) is 9.15. The van der Waals surface area contributed by atoms with E-state index >= 15 is 0 Å². The SMILES string of the molecule is Cc1ccc(C(=O)NC2CC2)cc1NC(=O)c1ccc(-c2cccc(OC[C@H](O)CO)c2)s1. The van der Waals surface area contributed by atoms with E-state index < -0.39 is 6.10 Å². The molecule has 172 valence electrons. The molecular formula is C25H26N2O5S. The van der Waals surface area contributed by atoms with Crippen molar-refractivity contribution in [1.29, 1.82) is 0 Å². The van der Waals surface area contributed by atoms with Crippen LogP contribution in [0.3, 0.4) is 0 Å². The summed E-state index contributed by atoms with van der Waals surface area (Å²) in [6.45, 7) is 1.52.